The molecule has 13 heavy (non-hydrogen) atoms. The van der Waals surface area contributed by atoms with Crippen LogP contribution >= 0.6 is 11.6 Å². The Morgan fingerprint density at radius 2 is 1.77 bits per heavy atom. The maximum atomic E-state index is 8.39. The van der Waals surface area contributed by atoms with Gasteiger partial charge in [0.15, 0.2) is 5.56 Å². The van der Waals surface area contributed by atoms with Crippen molar-refractivity contribution >= 4 is 11.6 Å². The average molecular weight is 205 g/mol. The third-order valence-electron chi connectivity index (χ3n) is 1.51. The summed E-state index contributed by atoms with van der Waals surface area (Å²) >= 11 is 5.78. The number of rotatable bonds is 5. The van der Waals surface area contributed by atoms with Crippen molar-refractivity contribution in [3.05, 3.63) is 0 Å². The number of hydrogen-bond donors (Lipinski definition) is 0. The molecule has 0 bridgehead atoms. The summed E-state index contributed by atoms with van der Waals surface area (Å²) in [6, 6.07) is 2.49. The van der Waals surface area contributed by atoms with Gasteiger partial charge in [-0.15, -0.1) is 0 Å². The predicted molar refractivity (Wildman–Crippen MR) is 53.1 cm³/mol. The highest BCUT2D eigenvalue weighted by Crippen LogP contribution is 2.12. The Labute approximate surface area is 85.2 Å². The highest BCUT2D eigenvalue weighted by atomic mass is 35.5. The molecule has 0 saturated heterocycles. The molecular weight excluding hydrogens is 188 g/mol. The second kappa shape index (κ2) is 6.20. The van der Waals surface area contributed by atoms with Gasteiger partial charge in [-0.2, -0.15) is 10.3 Å². The molecule has 0 spiro atoms. The highest BCUT2D eigenvalue weighted by Gasteiger charge is 2.18. The molecule has 0 fully saturated rings. The van der Waals surface area contributed by atoms with E-state index >= 15 is 0 Å². The van der Waals surface area contributed by atoms with Crippen LogP contribution in [0.3, 0.4) is 0 Å². The van der Waals surface area contributed by atoms with E-state index in [9.17, 15) is 0 Å². The molecule has 0 aromatic carbocycles. The van der Waals surface area contributed by atoms with E-state index in [1.54, 1.807) is 5.06 Å². The monoisotopic (exact) mass is 204 g/mol. The topological polar surface area (TPSA) is 36.3 Å². The largest absolute Gasteiger partial charge is 0.278 e. The van der Waals surface area contributed by atoms with E-state index in [0.717, 1.165) is 0 Å². The van der Waals surface area contributed by atoms with Crippen LogP contribution in [-0.4, -0.2) is 22.7 Å². The molecule has 0 aliphatic heterocycles. The summed E-state index contributed by atoms with van der Waals surface area (Å²) < 4.78 is 0. The molecule has 0 aromatic heterocycles. The minimum absolute atomic E-state index is 0.206. The van der Waals surface area contributed by atoms with Crippen LogP contribution < -0.4 is 0 Å². The zero-order valence-electron chi connectivity index (χ0n) is 8.62. The number of nitrogens with zero attached hydrogens (tertiary/aromatic N) is 2. The van der Waals surface area contributed by atoms with Gasteiger partial charge in [0.25, 0.3) is 0 Å². The summed E-state index contributed by atoms with van der Waals surface area (Å²) in [6.45, 7) is 8.10. The lowest BCUT2D eigenvalue weighted by Crippen LogP contribution is -2.38. The Morgan fingerprint density at radius 1 is 1.31 bits per heavy atom. The number of nitriles is 1. The molecule has 1 atom stereocenters. The fourth-order valence-corrected chi connectivity index (χ4v) is 1.24. The van der Waals surface area contributed by atoms with Gasteiger partial charge in [0, 0.05) is 12.1 Å². The van der Waals surface area contributed by atoms with Crippen LogP contribution in [0.15, 0.2) is 0 Å². The second-order valence-electron chi connectivity index (χ2n) is 3.43. The smallest absolute Gasteiger partial charge is 0.165 e. The van der Waals surface area contributed by atoms with Crippen LogP contribution in [0.2, 0.25) is 0 Å². The highest BCUT2D eigenvalue weighted by molar-refractivity contribution is 6.19. The molecule has 0 N–H and O–H groups in total. The van der Waals surface area contributed by atoms with Gasteiger partial charge in [-0.25, -0.2) is 0 Å². The summed E-state index contributed by atoms with van der Waals surface area (Å²) in [5.41, 5.74) is -0.546. The van der Waals surface area contributed by atoms with E-state index in [4.69, 9.17) is 21.7 Å². The van der Waals surface area contributed by atoms with Gasteiger partial charge in [-0.05, 0) is 27.7 Å². The van der Waals surface area contributed by atoms with Gasteiger partial charge in [0.2, 0.25) is 0 Å². The van der Waals surface area contributed by atoms with Crippen LogP contribution in [0, 0.1) is 11.3 Å². The third-order valence-corrected chi connectivity index (χ3v) is 1.74. The van der Waals surface area contributed by atoms with Crippen LogP contribution in [0.4, 0.5) is 0 Å². The number of halogens is 1. The number of hydroxylamine groups is 2. The molecule has 0 aliphatic carbocycles. The van der Waals surface area contributed by atoms with Gasteiger partial charge in [-0.3, -0.25) is 4.84 Å². The van der Waals surface area contributed by atoms with E-state index in [2.05, 4.69) is 0 Å². The zero-order chi connectivity index (χ0) is 10.4. The first kappa shape index (κ1) is 12.7. The van der Waals surface area contributed by atoms with E-state index in [1.165, 1.54) is 0 Å². The fourth-order valence-electron chi connectivity index (χ4n) is 1.08. The van der Waals surface area contributed by atoms with E-state index in [0.29, 0.717) is 0 Å². The SMILES string of the molecule is CC(C)N(OC(Cl)CC#N)C(C)C. The lowest BCUT2D eigenvalue weighted by atomic mass is 10.3. The van der Waals surface area contributed by atoms with Crippen LogP contribution in [0.1, 0.15) is 34.1 Å². The van der Waals surface area contributed by atoms with E-state index < -0.39 is 5.56 Å². The molecule has 3 nitrogen and oxygen atoms in total. The number of hydrogen-bond acceptors (Lipinski definition) is 3. The summed E-state index contributed by atoms with van der Waals surface area (Å²) in [4.78, 5) is 5.39. The summed E-state index contributed by atoms with van der Waals surface area (Å²) in [6.07, 6.45) is 0.206. The van der Waals surface area contributed by atoms with Crippen molar-refractivity contribution in [1.29, 1.82) is 5.26 Å². The van der Waals surface area contributed by atoms with Crippen LogP contribution in [0.5, 0.6) is 0 Å². The van der Waals surface area contributed by atoms with E-state index in [1.807, 2.05) is 33.8 Å². The molecule has 4 heteroatoms. The number of alkyl halides is 1. The Bertz CT molecular complexity index is 169. The Hall–Kier alpha value is -0.300. The fraction of sp³-hybridized carbons (Fsp3) is 0.889. The molecular formula is C9H17ClN2O. The van der Waals surface area contributed by atoms with Gasteiger partial charge < -0.3 is 0 Å². The van der Waals surface area contributed by atoms with Gasteiger partial charge >= 0.3 is 0 Å². The molecule has 0 heterocycles. The molecule has 0 aromatic rings. The van der Waals surface area contributed by atoms with Gasteiger partial charge in [0.1, 0.15) is 0 Å². The standard InChI is InChI=1S/C9H17ClN2O/c1-7(2)12(8(3)4)13-9(10)5-6-11/h7-9H,5H2,1-4H3. The van der Waals surface area contributed by atoms with E-state index in [-0.39, 0.29) is 18.5 Å². The third kappa shape index (κ3) is 5.09. The van der Waals surface area contributed by atoms with Crippen molar-refractivity contribution in [1.82, 2.24) is 5.06 Å². The summed E-state index contributed by atoms with van der Waals surface area (Å²) in [5, 5.41) is 10.2. The first-order valence-electron chi connectivity index (χ1n) is 4.45. The minimum Gasteiger partial charge on any atom is -0.278 e. The minimum atomic E-state index is -0.546. The van der Waals surface area contributed by atoms with Crippen LogP contribution in [0.25, 0.3) is 0 Å². The predicted octanol–water partition coefficient (Wildman–Crippen LogP) is 2.52. The van der Waals surface area contributed by atoms with Gasteiger partial charge in [-0.1, -0.05) is 11.6 Å². The molecule has 0 rings (SSSR count). The Kier molecular flexibility index (Phi) is 6.06. The summed E-state index contributed by atoms with van der Waals surface area (Å²) in [7, 11) is 0. The van der Waals surface area contributed by atoms with Crippen molar-refractivity contribution < 1.29 is 4.84 Å². The van der Waals surface area contributed by atoms with Crippen molar-refractivity contribution in [2.24, 2.45) is 0 Å². The normalized spacial score (nSPS) is 13.8. The van der Waals surface area contributed by atoms with Crippen molar-refractivity contribution in [3.8, 4) is 6.07 Å². The Morgan fingerprint density at radius 3 is 2.08 bits per heavy atom. The van der Waals surface area contributed by atoms with Crippen molar-refractivity contribution in [2.75, 3.05) is 0 Å². The van der Waals surface area contributed by atoms with Crippen LogP contribution in [-0.2, 0) is 4.84 Å². The lowest BCUT2D eigenvalue weighted by Gasteiger charge is -2.30. The first-order valence-corrected chi connectivity index (χ1v) is 4.88. The molecule has 0 radical (unpaired) electrons. The molecule has 0 aliphatic rings. The average Bonchev–Trinajstić information content (AvgIpc) is 1.99. The maximum absolute atomic E-state index is 8.39. The lowest BCUT2D eigenvalue weighted by molar-refractivity contribution is -0.210. The molecule has 0 amide bonds. The van der Waals surface area contributed by atoms with Crippen molar-refractivity contribution in [2.45, 2.75) is 51.8 Å². The molecule has 76 valence electrons. The maximum Gasteiger partial charge on any atom is 0.165 e. The molecule has 0 saturated carbocycles. The second-order valence-corrected chi connectivity index (χ2v) is 3.91. The quantitative estimate of drug-likeness (QED) is 0.510. The van der Waals surface area contributed by atoms with Crippen molar-refractivity contribution in [3.63, 3.8) is 0 Å². The first-order chi connectivity index (χ1) is 5.99. The van der Waals surface area contributed by atoms with Gasteiger partial charge in [0.05, 0.1) is 12.5 Å². The summed E-state index contributed by atoms with van der Waals surface area (Å²) in [5.74, 6) is 0. The zero-order valence-corrected chi connectivity index (χ0v) is 9.38. The molecule has 1 unspecified atom stereocenters. The Balaban J connectivity index is 4.04.